The quantitative estimate of drug-likeness (QED) is 0.276. The van der Waals surface area contributed by atoms with Crippen LogP contribution in [0.15, 0.2) is 52.0 Å². The molecule has 1 fully saturated rings. The van der Waals surface area contributed by atoms with E-state index in [1.54, 1.807) is 12.1 Å². The Morgan fingerprint density at radius 1 is 1.07 bits per heavy atom. The van der Waals surface area contributed by atoms with E-state index in [0.717, 1.165) is 31.5 Å². The van der Waals surface area contributed by atoms with Crippen molar-refractivity contribution >= 4 is 42.6 Å². The highest BCUT2D eigenvalue weighted by atomic mass is 32.2. The van der Waals surface area contributed by atoms with Gasteiger partial charge in [-0.3, -0.25) is 9.52 Å². The molecule has 0 aliphatic carbocycles. The molecule has 14 heteroatoms. The Morgan fingerprint density at radius 2 is 1.84 bits per heavy atom. The van der Waals surface area contributed by atoms with Gasteiger partial charge in [-0.15, -0.1) is 0 Å². The van der Waals surface area contributed by atoms with E-state index < -0.39 is 31.8 Å². The number of piperidine rings is 1. The van der Waals surface area contributed by atoms with Crippen LogP contribution in [0.3, 0.4) is 0 Å². The van der Waals surface area contributed by atoms with Crippen molar-refractivity contribution in [3.05, 3.63) is 65.4 Å². The predicted molar refractivity (Wildman–Crippen MR) is 169 cm³/mol. The Kier molecular flexibility index (Phi) is 8.48. The second kappa shape index (κ2) is 12.2. The molecule has 11 nitrogen and oxygen atoms in total. The fourth-order valence-corrected chi connectivity index (χ4v) is 8.63. The lowest BCUT2D eigenvalue weighted by atomic mass is 9.89. The van der Waals surface area contributed by atoms with Crippen LogP contribution in [0.25, 0.3) is 22.3 Å². The molecule has 1 saturated heterocycles. The lowest BCUT2D eigenvalue weighted by Gasteiger charge is -2.33. The number of benzene rings is 2. The average molecular weight is 658 g/mol. The fraction of sp³-hybridized carbons (Fsp3) is 0.419. The van der Waals surface area contributed by atoms with Gasteiger partial charge < -0.3 is 14.3 Å². The number of nitrogens with one attached hydrogen (secondary N) is 2. The van der Waals surface area contributed by atoms with Gasteiger partial charge >= 0.3 is 0 Å². The largest absolute Gasteiger partial charge is 0.455 e. The van der Waals surface area contributed by atoms with E-state index in [1.807, 2.05) is 4.57 Å². The molecule has 2 aliphatic heterocycles. The van der Waals surface area contributed by atoms with Gasteiger partial charge in [-0.1, -0.05) is 6.42 Å². The zero-order valence-corrected chi connectivity index (χ0v) is 26.8. The standard InChI is InChI=1S/C31H36FN5O6S2/c1-3-44(39,40)35-25-17-26-24(29(31(38)33-2)30(43-26)20-10-12-22(32)13-11-20)16-23(25)21-8-7-14-36(19-21)45(41,42)28-18-34-27-9-5-4-6-15-37(27)28/h10-13,16-18,21,35H,3-9,14-15,19H2,1-2H3,(H,33,38)/t21-/m1/s1. The average Bonchev–Trinajstić information content (AvgIpc) is 3.53. The number of halogens is 1. The summed E-state index contributed by atoms with van der Waals surface area (Å²) in [7, 11) is -6.13. The van der Waals surface area contributed by atoms with E-state index in [1.165, 1.54) is 48.7 Å². The first-order chi connectivity index (χ1) is 21.5. The summed E-state index contributed by atoms with van der Waals surface area (Å²) in [5, 5.41) is 3.25. The van der Waals surface area contributed by atoms with E-state index in [4.69, 9.17) is 4.42 Å². The zero-order valence-electron chi connectivity index (χ0n) is 25.2. The molecule has 0 saturated carbocycles. The van der Waals surface area contributed by atoms with Crippen molar-refractivity contribution in [3.63, 3.8) is 0 Å². The van der Waals surface area contributed by atoms with E-state index in [0.29, 0.717) is 42.4 Å². The van der Waals surface area contributed by atoms with Crippen molar-refractivity contribution in [2.24, 2.45) is 0 Å². The van der Waals surface area contributed by atoms with Gasteiger partial charge in [-0.05, 0) is 74.4 Å². The smallest absolute Gasteiger partial charge is 0.260 e. The van der Waals surface area contributed by atoms with E-state index in [2.05, 4.69) is 15.0 Å². The summed E-state index contributed by atoms with van der Waals surface area (Å²) < 4.78 is 79.4. The maximum absolute atomic E-state index is 14.0. The number of aromatic nitrogens is 2. The molecule has 6 rings (SSSR count). The molecule has 0 bridgehead atoms. The number of fused-ring (bicyclic) bond motifs is 2. The lowest BCUT2D eigenvalue weighted by molar-refractivity contribution is 0.0964. The number of anilines is 1. The third kappa shape index (κ3) is 5.98. The molecule has 1 amide bonds. The highest BCUT2D eigenvalue weighted by molar-refractivity contribution is 7.92. The second-order valence-electron chi connectivity index (χ2n) is 11.5. The Balaban J connectivity index is 1.45. The number of imidazole rings is 1. The topological polar surface area (TPSA) is 144 Å². The summed E-state index contributed by atoms with van der Waals surface area (Å²) in [6.45, 7) is 2.56. The van der Waals surface area contributed by atoms with Crippen LogP contribution in [0.1, 0.15) is 66.7 Å². The number of aryl methyl sites for hydroxylation is 1. The van der Waals surface area contributed by atoms with E-state index >= 15 is 0 Å². The Bertz CT molecular complexity index is 1970. The minimum absolute atomic E-state index is 0.118. The van der Waals surface area contributed by atoms with Gasteiger partial charge in [0, 0.05) is 50.1 Å². The number of nitrogens with zero attached hydrogens (tertiary/aromatic N) is 3. The fourth-order valence-electron chi connectivity index (χ4n) is 6.30. The van der Waals surface area contributed by atoms with Crippen molar-refractivity contribution in [3.8, 4) is 11.3 Å². The lowest BCUT2D eigenvalue weighted by Crippen LogP contribution is -2.40. The van der Waals surface area contributed by atoms with E-state index in [-0.39, 0.29) is 45.8 Å². The summed E-state index contributed by atoms with van der Waals surface area (Å²) in [6.07, 6.45) is 6.20. The van der Waals surface area contributed by atoms with Gasteiger partial charge in [0.05, 0.1) is 23.2 Å². The maximum atomic E-state index is 14.0. The Morgan fingerprint density at radius 3 is 2.58 bits per heavy atom. The first-order valence-electron chi connectivity index (χ1n) is 15.2. The number of sulfonamides is 2. The number of hydrogen-bond acceptors (Lipinski definition) is 7. The molecule has 2 aliphatic rings. The molecule has 0 radical (unpaired) electrons. The summed E-state index contributed by atoms with van der Waals surface area (Å²) in [4.78, 5) is 17.6. The maximum Gasteiger partial charge on any atom is 0.260 e. The number of amides is 1. The van der Waals surface area contributed by atoms with Crippen LogP contribution < -0.4 is 10.0 Å². The molecule has 2 aromatic heterocycles. The number of rotatable bonds is 8. The first kappa shape index (κ1) is 31.2. The normalized spacial score (nSPS) is 18.0. The van der Waals surface area contributed by atoms with Gasteiger partial charge in [0.2, 0.25) is 10.0 Å². The van der Waals surface area contributed by atoms with Crippen molar-refractivity contribution in [1.82, 2.24) is 19.2 Å². The summed E-state index contributed by atoms with van der Waals surface area (Å²) in [5.74, 6) is -0.459. The molecule has 0 unspecified atom stereocenters. The van der Waals surface area contributed by atoms with Crippen molar-refractivity contribution in [2.45, 2.75) is 62.9 Å². The molecule has 45 heavy (non-hydrogen) atoms. The van der Waals surface area contributed by atoms with Gasteiger partial charge in [0.25, 0.3) is 15.9 Å². The van der Waals surface area contributed by atoms with Crippen LogP contribution in [0, 0.1) is 5.82 Å². The van der Waals surface area contributed by atoms with Gasteiger partial charge in [-0.2, -0.15) is 4.31 Å². The van der Waals surface area contributed by atoms with Crippen LogP contribution in [0.4, 0.5) is 10.1 Å². The third-order valence-corrected chi connectivity index (χ3v) is 11.8. The van der Waals surface area contributed by atoms with Crippen molar-refractivity contribution in [2.75, 3.05) is 30.6 Å². The molecule has 0 spiro atoms. The van der Waals surface area contributed by atoms with Crippen molar-refractivity contribution < 1.29 is 30.4 Å². The molecule has 240 valence electrons. The minimum Gasteiger partial charge on any atom is -0.455 e. The second-order valence-corrected chi connectivity index (χ2v) is 15.4. The molecule has 1 atom stereocenters. The monoisotopic (exact) mass is 657 g/mol. The highest BCUT2D eigenvalue weighted by Crippen LogP contribution is 2.41. The molecular weight excluding hydrogens is 622 g/mol. The Hall–Kier alpha value is -3.75. The number of carbonyl (C=O) groups excluding carboxylic acids is 1. The molecule has 4 aromatic rings. The highest BCUT2D eigenvalue weighted by Gasteiger charge is 2.36. The number of furan rings is 1. The molecular formula is C31H36FN5O6S2. The number of hydrogen-bond donors (Lipinski definition) is 2. The molecule has 2 aromatic carbocycles. The van der Waals surface area contributed by atoms with Crippen LogP contribution in [0.5, 0.6) is 0 Å². The summed E-state index contributed by atoms with van der Waals surface area (Å²) in [6, 6.07) is 8.79. The van der Waals surface area contributed by atoms with Crippen LogP contribution in [0.2, 0.25) is 0 Å². The van der Waals surface area contributed by atoms with Crippen LogP contribution in [-0.2, 0) is 33.0 Å². The molecule has 2 N–H and O–H groups in total. The summed E-state index contributed by atoms with van der Waals surface area (Å²) >= 11 is 0. The van der Waals surface area contributed by atoms with E-state index in [9.17, 15) is 26.0 Å². The third-order valence-electron chi connectivity index (χ3n) is 8.68. The SMILES string of the molecule is CCS(=O)(=O)Nc1cc2oc(-c3ccc(F)cc3)c(C(=O)NC)c2cc1[C@@H]1CCCN(S(=O)(=O)c2cnc3n2CCCCC3)C1. The van der Waals surface area contributed by atoms with Crippen molar-refractivity contribution in [1.29, 1.82) is 0 Å². The van der Waals surface area contributed by atoms with Gasteiger partial charge in [0.15, 0.2) is 5.03 Å². The molecule has 4 heterocycles. The number of carbonyl (C=O) groups is 1. The minimum atomic E-state index is -3.89. The van der Waals surface area contributed by atoms with Gasteiger partial charge in [-0.25, -0.2) is 26.2 Å². The summed E-state index contributed by atoms with van der Waals surface area (Å²) in [5.41, 5.74) is 1.76. The first-order valence-corrected chi connectivity index (χ1v) is 18.2. The van der Waals surface area contributed by atoms with Gasteiger partial charge in [0.1, 0.15) is 23.0 Å². The Labute approximate surface area is 261 Å². The zero-order chi connectivity index (χ0) is 31.9. The predicted octanol–water partition coefficient (Wildman–Crippen LogP) is 4.85. The van der Waals surface area contributed by atoms with Crippen LogP contribution in [-0.4, -0.2) is 62.5 Å². The van der Waals surface area contributed by atoms with Crippen LogP contribution >= 0.6 is 0 Å².